The highest BCUT2D eigenvalue weighted by Crippen LogP contribution is 2.29. The van der Waals surface area contributed by atoms with E-state index in [2.05, 4.69) is 5.32 Å². The van der Waals surface area contributed by atoms with Gasteiger partial charge in [-0.15, -0.1) is 0 Å². The summed E-state index contributed by atoms with van der Waals surface area (Å²) in [7, 11) is -4.11. The summed E-state index contributed by atoms with van der Waals surface area (Å²) in [5.74, 6) is -1.18. The van der Waals surface area contributed by atoms with E-state index < -0.39 is 27.9 Å². The minimum atomic E-state index is -4.11. The van der Waals surface area contributed by atoms with E-state index in [4.69, 9.17) is 11.6 Å². The number of halogens is 1. The molecule has 1 saturated heterocycles. The summed E-state index contributed by atoms with van der Waals surface area (Å²) in [5, 5.41) is 2.94. The standard InChI is InChI=1S/C18H17ClN2O4S/c1-12-6-8-13(9-7-12)26(24,25)21-16(10-11-17(21)22)18(23)20-15-5-3-2-4-14(15)19/h2-9,16H,10-11H2,1H3,(H,20,23)/t16-/m0/s1. The van der Waals surface area contributed by atoms with E-state index in [1.807, 2.05) is 6.92 Å². The molecule has 0 unspecified atom stereocenters. The molecule has 6 nitrogen and oxygen atoms in total. The van der Waals surface area contributed by atoms with Crippen LogP contribution in [0.3, 0.4) is 0 Å². The van der Waals surface area contributed by atoms with Gasteiger partial charge in [-0.1, -0.05) is 41.4 Å². The topological polar surface area (TPSA) is 83.6 Å². The molecule has 1 N–H and O–H groups in total. The van der Waals surface area contributed by atoms with Crippen LogP contribution in [0.4, 0.5) is 5.69 Å². The number of hydrogen-bond acceptors (Lipinski definition) is 4. The monoisotopic (exact) mass is 392 g/mol. The van der Waals surface area contributed by atoms with Gasteiger partial charge in [0.15, 0.2) is 0 Å². The molecule has 1 atom stereocenters. The number of anilines is 1. The molecule has 1 heterocycles. The van der Waals surface area contributed by atoms with E-state index >= 15 is 0 Å². The maximum Gasteiger partial charge on any atom is 0.267 e. The summed E-state index contributed by atoms with van der Waals surface area (Å²) in [6, 6.07) is 11.7. The van der Waals surface area contributed by atoms with Gasteiger partial charge in [-0.3, -0.25) is 9.59 Å². The summed E-state index contributed by atoms with van der Waals surface area (Å²) in [4.78, 5) is 24.8. The highest BCUT2D eigenvalue weighted by Gasteiger charge is 2.44. The Labute approximate surface area is 156 Å². The van der Waals surface area contributed by atoms with E-state index in [1.165, 1.54) is 12.1 Å². The molecule has 0 aromatic heterocycles. The average Bonchev–Trinajstić information content (AvgIpc) is 3.00. The van der Waals surface area contributed by atoms with Crippen LogP contribution in [0.1, 0.15) is 18.4 Å². The molecule has 0 aliphatic carbocycles. The van der Waals surface area contributed by atoms with Gasteiger partial charge in [0.25, 0.3) is 10.0 Å². The molecule has 2 aromatic rings. The zero-order chi connectivity index (χ0) is 18.9. The summed E-state index contributed by atoms with van der Waals surface area (Å²) in [6.45, 7) is 1.83. The van der Waals surface area contributed by atoms with Crippen LogP contribution in [0.25, 0.3) is 0 Å². The zero-order valence-electron chi connectivity index (χ0n) is 14.0. The fourth-order valence-electron chi connectivity index (χ4n) is 2.80. The molecule has 136 valence electrons. The van der Waals surface area contributed by atoms with Crippen molar-refractivity contribution >= 4 is 39.1 Å². The van der Waals surface area contributed by atoms with Gasteiger partial charge in [-0.05, 0) is 37.6 Å². The molecule has 1 fully saturated rings. The molecule has 3 rings (SSSR count). The van der Waals surface area contributed by atoms with Gasteiger partial charge in [0.05, 0.1) is 15.6 Å². The molecule has 0 saturated carbocycles. The number of amides is 2. The first kappa shape index (κ1) is 18.4. The minimum absolute atomic E-state index is 0.00823. The van der Waals surface area contributed by atoms with Crippen molar-refractivity contribution in [2.45, 2.75) is 30.7 Å². The molecule has 2 amide bonds. The maximum atomic E-state index is 12.9. The van der Waals surface area contributed by atoms with Gasteiger partial charge in [-0.2, -0.15) is 0 Å². The summed E-state index contributed by atoms with van der Waals surface area (Å²) < 4.78 is 26.5. The highest BCUT2D eigenvalue weighted by molar-refractivity contribution is 7.89. The van der Waals surface area contributed by atoms with Gasteiger partial charge < -0.3 is 5.32 Å². The molecular formula is C18H17ClN2O4S. The number of carbonyl (C=O) groups excluding carboxylic acids is 2. The molecular weight excluding hydrogens is 376 g/mol. The van der Waals surface area contributed by atoms with Crippen molar-refractivity contribution in [3.05, 3.63) is 59.1 Å². The van der Waals surface area contributed by atoms with Crippen molar-refractivity contribution in [3.8, 4) is 0 Å². The van der Waals surface area contributed by atoms with Crippen LogP contribution >= 0.6 is 11.6 Å². The van der Waals surface area contributed by atoms with E-state index in [1.54, 1.807) is 36.4 Å². The number of para-hydroxylation sites is 1. The number of carbonyl (C=O) groups is 2. The highest BCUT2D eigenvalue weighted by atomic mass is 35.5. The zero-order valence-corrected chi connectivity index (χ0v) is 15.5. The van der Waals surface area contributed by atoms with Gasteiger partial charge in [0.1, 0.15) is 6.04 Å². The number of nitrogens with one attached hydrogen (secondary N) is 1. The summed E-state index contributed by atoms with van der Waals surface area (Å²) in [6.07, 6.45) is 0.117. The average molecular weight is 393 g/mol. The SMILES string of the molecule is Cc1ccc(S(=O)(=O)N2C(=O)CC[C@H]2C(=O)Nc2ccccc2Cl)cc1. The Morgan fingerprint density at radius 2 is 1.81 bits per heavy atom. The third-order valence-electron chi connectivity index (χ3n) is 4.17. The predicted molar refractivity (Wildman–Crippen MR) is 98.3 cm³/mol. The van der Waals surface area contributed by atoms with Crippen molar-refractivity contribution in [2.75, 3.05) is 5.32 Å². The Morgan fingerprint density at radius 1 is 1.15 bits per heavy atom. The first-order valence-electron chi connectivity index (χ1n) is 8.00. The lowest BCUT2D eigenvalue weighted by Gasteiger charge is -2.24. The summed E-state index contributed by atoms with van der Waals surface area (Å²) >= 11 is 6.03. The smallest absolute Gasteiger partial charge is 0.267 e. The minimum Gasteiger partial charge on any atom is -0.323 e. The molecule has 0 bridgehead atoms. The molecule has 8 heteroatoms. The van der Waals surface area contributed by atoms with Crippen LogP contribution in [0.2, 0.25) is 5.02 Å². The van der Waals surface area contributed by atoms with Crippen LogP contribution in [-0.2, 0) is 19.6 Å². The van der Waals surface area contributed by atoms with E-state index in [0.717, 1.165) is 5.56 Å². The predicted octanol–water partition coefficient (Wildman–Crippen LogP) is 2.97. The second-order valence-corrected chi connectivity index (χ2v) is 8.25. The third-order valence-corrected chi connectivity index (χ3v) is 6.35. The van der Waals surface area contributed by atoms with Crippen LogP contribution in [0.5, 0.6) is 0 Å². The van der Waals surface area contributed by atoms with Crippen LogP contribution in [0, 0.1) is 6.92 Å². The quantitative estimate of drug-likeness (QED) is 0.867. The largest absolute Gasteiger partial charge is 0.323 e. The van der Waals surface area contributed by atoms with Gasteiger partial charge in [0, 0.05) is 6.42 Å². The van der Waals surface area contributed by atoms with Crippen molar-refractivity contribution < 1.29 is 18.0 Å². The first-order valence-corrected chi connectivity index (χ1v) is 9.82. The Balaban J connectivity index is 1.90. The van der Waals surface area contributed by atoms with E-state index in [0.29, 0.717) is 15.0 Å². The number of rotatable bonds is 4. The van der Waals surface area contributed by atoms with Gasteiger partial charge in [-0.25, -0.2) is 12.7 Å². The lowest BCUT2D eigenvalue weighted by molar-refractivity contribution is -0.128. The molecule has 1 aliphatic heterocycles. The molecule has 1 aliphatic rings. The Bertz CT molecular complexity index is 957. The van der Waals surface area contributed by atoms with Crippen molar-refractivity contribution in [3.63, 3.8) is 0 Å². The second kappa shape index (κ2) is 7.09. The Hall–Kier alpha value is -2.38. The first-order chi connectivity index (χ1) is 12.3. The van der Waals surface area contributed by atoms with E-state index in [-0.39, 0.29) is 17.7 Å². The van der Waals surface area contributed by atoms with Gasteiger partial charge >= 0.3 is 0 Å². The van der Waals surface area contributed by atoms with Crippen LogP contribution in [-0.4, -0.2) is 30.6 Å². The number of aryl methyl sites for hydroxylation is 1. The van der Waals surface area contributed by atoms with Gasteiger partial charge in [0.2, 0.25) is 11.8 Å². The fraction of sp³-hybridized carbons (Fsp3) is 0.222. The molecule has 2 aromatic carbocycles. The number of benzene rings is 2. The van der Waals surface area contributed by atoms with Crippen molar-refractivity contribution in [2.24, 2.45) is 0 Å². The van der Waals surface area contributed by atoms with Crippen molar-refractivity contribution in [1.82, 2.24) is 4.31 Å². The fourth-order valence-corrected chi connectivity index (χ4v) is 4.59. The molecule has 0 spiro atoms. The van der Waals surface area contributed by atoms with Crippen molar-refractivity contribution in [1.29, 1.82) is 0 Å². The van der Waals surface area contributed by atoms with Crippen LogP contribution in [0.15, 0.2) is 53.4 Å². The lowest BCUT2D eigenvalue weighted by atomic mass is 10.2. The third kappa shape index (κ3) is 3.45. The number of sulfonamides is 1. The lowest BCUT2D eigenvalue weighted by Crippen LogP contribution is -2.45. The normalized spacial score (nSPS) is 17.4. The number of nitrogens with zero attached hydrogens (tertiary/aromatic N) is 1. The molecule has 26 heavy (non-hydrogen) atoms. The van der Waals surface area contributed by atoms with E-state index in [9.17, 15) is 18.0 Å². The number of hydrogen-bond donors (Lipinski definition) is 1. The summed E-state index contributed by atoms with van der Waals surface area (Å²) in [5.41, 5.74) is 1.26. The Morgan fingerprint density at radius 3 is 2.46 bits per heavy atom. The Kier molecular flexibility index (Phi) is 5.02. The molecule has 0 radical (unpaired) electrons. The van der Waals surface area contributed by atoms with Crippen LogP contribution < -0.4 is 5.32 Å². The second-order valence-electron chi connectivity index (χ2n) is 6.03. The maximum absolute atomic E-state index is 12.9.